The first-order valence-corrected chi connectivity index (χ1v) is 11.6. The molecule has 4 rings (SSSR count). The number of hydrogen-bond donors (Lipinski definition) is 2. The molecule has 0 spiro atoms. The number of halogens is 3. The van der Waals surface area contributed by atoms with Crippen molar-refractivity contribution >= 4 is 34.6 Å². The lowest BCUT2D eigenvalue weighted by Crippen LogP contribution is -2.46. The number of nitrogens with zero attached hydrogens (tertiary/aromatic N) is 3. The number of aromatic nitrogens is 2. The molecule has 0 unspecified atom stereocenters. The topological polar surface area (TPSA) is 78.4 Å². The molecule has 1 aliphatic heterocycles. The maximum absolute atomic E-state index is 13.1. The van der Waals surface area contributed by atoms with Crippen LogP contribution in [-0.4, -0.2) is 44.6 Å². The number of aliphatic hydroxyl groups is 1. The molecule has 6 nitrogen and oxygen atoms in total. The molecule has 0 aliphatic carbocycles. The van der Waals surface area contributed by atoms with Gasteiger partial charge in [-0.05, 0) is 67.6 Å². The van der Waals surface area contributed by atoms with Crippen molar-refractivity contribution in [3.8, 4) is 0 Å². The number of likely N-dealkylation sites (tertiary alicyclic amines) is 1. The Kier molecular flexibility index (Phi) is 7.38. The standard InChI is InChI=1S/C24H23F3N4O2S/c25-18(22(26)27)8-9-24(33)10-14-31(15-11-24)23(32)16-4-6-17(7-5-16)30-34-20-3-1-2-19-21(20)29-13-12-28-19/h1-7,12-13,30,33H,8-11,14-15H2. The summed E-state index contributed by atoms with van der Waals surface area (Å²) in [6.07, 6.45) is 0.761. The molecule has 1 aliphatic rings. The number of allylic oxidation sites excluding steroid dienone is 1. The van der Waals surface area contributed by atoms with Gasteiger partial charge in [-0.25, -0.2) is 4.39 Å². The van der Waals surface area contributed by atoms with Crippen molar-refractivity contribution in [1.29, 1.82) is 0 Å². The molecule has 2 N–H and O–H groups in total. The lowest BCUT2D eigenvalue weighted by atomic mass is 9.86. The zero-order valence-electron chi connectivity index (χ0n) is 18.2. The summed E-state index contributed by atoms with van der Waals surface area (Å²) in [7, 11) is 0. The highest BCUT2D eigenvalue weighted by Crippen LogP contribution is 2.31. The highest BCUT2D eigenvalue weighted by molar-refractivity contribution is 8.00. The molecule has 1 fully saturated rings. The predicted molar refractivity (Wildman–Crippen MR) is 125 cm³/mol. The van der Waals surface area contributed by atoms with Gasteiger partial charge in [-0.1, -0.05) is 6.07 Å². The fraction of sp³-hybridized carbons (Fsp3) is 0.292. The van der Waals surface area contributed by atoms with E-state index >= 15 is 0 Å². The number of piperidine rings is 1. The second-order valence-electron chi connectivity index (χ2n) is 8.14. The monoisotopic (exact) mass is 488 g/mol. The smallest absolute Gasteiger partial charge is 0.301 e. The lowest BCUT2D eigenvalue weighted by molar-refractivity contribution is -0.0236. The summed E-state index contributed by atoms with van der Waals surface area (Å²) in [5, 5.41) is 10.5. The van der Waals surface area contributed by atoms with Gasteiger partial charge in [-0.15, -0.1) is 0 Å². The second kappa shape index (κ2) is 10.4. The minimum Gasteiger partial charge on any atom is -0.390 e. The summed E-state index contributed by atoms with van der Waals surface area (Å²) in [6, 6.07) is 12.8. The third-order valence-electron chi connectivity index (χ3n) is 5.87. The van der Waals surface area contributed by atoms with E-state index in [1.54, 1.807) is 41.6 Å². The van der Waals surface area contributed by atoms with E-state index < -0.39 is 23.9 Å². The molecule has 2 heterocycles. The van der Waals surface area contributed by atoms with Gasteiger partial charge in [0, 0.05) is 43.2 Å². The molecule has 2 aromatic carbocycles. The fourth-order valence-electron chi connectivity index (χ4n) is 3.84. The first kappa shape index (κ1) is 24.0. The van der Waals surface area contributed by atoms with E-state index in [1.807, 2.05) is 18.2 Å². The average Bonchev–Trinajstić information content (AvgIpc) is 2.86. The fourth-order valence-corrected chi connectivity index (χ4v) is 4.60. The number of hydrogen-bond acceptors (Lipinski definition) is 6. The van der Waals surface area contributed by atoms with Gasteiger partial charge in [0.2, 0.25) is 0 Å². The van der Waals surface area contributed by atoms with Gasteiger partial charge in [0.15, 0.2) is 5.83 Å². The van der Waals surface area contributed by atoms with E-state index in [-0.39, 0.29) is 38.3 Å². The van der Waals surface area contributed by atoms with Crippen LogP contribution >= 0.6 is 11.9 Å². The first-order chi connectivity index (χ1) is 16.3. The predicted octanol–water partition coefficient (Wildman–Crippen LogP) is 5.57. The van der Waals surface area contributed by atoms with E-state index in [0.717, 1.165) is 21.6 Å². The lowest BCUT2D eigenvalue weighted by Gasteiger charge is -2.38. The Labute approximate surface area is 199 Å². The van der Waals surface area contributed by atoms with Crippen molar-refractivity contribution < 1.29 is 23.1 Å². The van der Waals surface area contributed by atoms with Gasteiger partial charge in [0.25, 0.3) is 5.91 Å². The van der Waals surface area contributed by atoms with Crippen molar-refractivity contribution in [1.82, 2.24) is 14.9 Å². The van der Waals surface area contributed by atoms with E-state index in [2.05, 4.69) is 14.7 Å². The van der Waals surface area contributed by atoms with Crippen LogP contribution < -0.4 is 4.72 Å². The van der Waals surface area contributed by atoms with Crippen LogP contribution in [0, 0.1) is 0 Å². The molecule has 0 saturated carbocycles. The maximum Gasteiger partial charge on any atom is 0.301 e. The number of fused-ring (bicyclic) bond motifs is 1. The van der Waals surface area contributed by atoms with Crippen LogP contribution in [0.2, 0.25) is 0 Å². The molecule has 34 heavy (non-hydrogen) atoms. The van der Waals surface area contributed by atoms with Gasteiger partial charge < -0.3 is 14.7 Å². The van der Waals surface area contributed by atoms with Gasteiger partial charge in [0.1, 0.15) is 5.52 Å². The van der Waals surface area contributed by atoms with E-state index in [1.165, 1.54) is 11.9 Å². The Balaban J connectivity index is 1.31. The zero-order valence-corrected chi connectivity index (χ0v) is 19.0. The number of benzene rings is 2. The van der Waals surface area contributed by atoms with Crippen LogP contribution in [0.15, 0.2) is 71.7 Å². The van der Waals surface area contributed by atoms with Gasteiger partial charge in [0.05, 0.1) is 16.0 Å². The maximum atomic E-state index is 13.1. The molecular weight excluding hydrogens is 465 g/mol. The highest BCUT2D eigenvalue weighted by Gasteiger charge is 2.34. The number of para-hydroxylation sites is 1. The molecular formula is C24H23F3N4O2S. The Morgan fingerprint density at radius 3 is 2.47 bits per heavy atom. The van der Waals surface area contributed by atoms with Crippen molar-refractivity contribution in [2.45, 2.75) is 36.2 Å². The van der Waals surface area contributed by atoms with Gasteiger partial charge in [-0.3, -0.25) is 14.8 Å². The molecule has 0 atom stereocenters. The van der Waals surface area contributed by atoms with Crippen molar-refractivity contribution in [3.05, 3.63) is 72.3 Å². The number of anilines is 1. The average molecular weight is 489 g/mol. The summed E-state index contributed by atoms with van der Waals surface area (Å²) in [4.78, 5) is 24.1. The van der Waals surface area contributed by atoms with Crippen LogP contribution in [0.1, 0.15) is 36.0 Å². The Morgan fingerprint density at radius 2 is 1.76 bits per heavy atom. The summed E-state index contributed by atoms with van der Waals surface area (Å²) < 4.78 is 40.8. The minimum absolute atomic E-state index is 0.0987. The number of rotatable bonds is 7. The third kappa shape index (κ3) is 5.68. The number of nitrogens with one attached hydrogen (secondary N) is 1. The zero-order chi connectivity index (χ0) is 24.1. The minimum atomic E-state index is -2.35. The molecule has 0 radical (unpaired) electrons. The van der Waals surface area contributed by atoms with Crippen molar-refractivity contribution in [3.63, 3.8) is 0 Å². The molecule has 1 amide bonds. The summed E-state index contributed by atoms with van der Waals surface area (Å²) in [5.41, 5.74) is 1.67. The van der Waals surface area contributed by atoms with E-state index in [0.29, 0.717) is 5.56 Å². The summed E-state index contributed by atoms with van der Waals surface area (Å²) in [6.45, 7) is 0.549. The molecule has 10 heteroatoms. The van der Waals surface area contributed by atoms with Crippen molar-refractivity contribution in [2.24, 2.45) is 0 Å². The van der Waals surface area contributed by atoms with Crippen LogP contribution in [-0.2, 0) is 0 Å². The van der Waals surface area contributed by atoms with Gasteiger partial charge in [-0.2, -0.15) is 8.78 Å². The molecule has 3 aromatic rings. The quantitative estimate of drug-likeness (QED) is 0.423. The summed E-state index contributed by atoms with van der Waals surface area (Å²) >= 11 is 1.40. The van der Waals surface area contributed by atoms with Crippen LogP contribution in [0.3, 0.4) is 0 Å². The first-order valence-electron chi connectivity index (χ1n) is 10.8. The molecule has 178 valence electrons. The van der Waals surface area contributed by atoms with Crippen molar-refractivity contribution in [2.75, 3.05) is 17.8 Å². The number of amides is 1. The highest BCUT2D eigenvalue weighted by atomic mass is 32.2. The SMILES string of the molecule is O=C(c1ccc(NSc2cccc3nccnc23)cc1)N1CCC(O)(CCC(F)=C(F)F)CC1. The third-order valence-corrected chi connectivity index (χ3v) is 6.76. The Morgan fingerprint density at radius 1 is 1.06 bits per heavy atom. The molecule has 1 saturated heterocycles. The number of carbonyl (C=O) groups excluding carboxylic acids is 1. The van der Waals surface area contributed by atoms with Crippen LogP contribution in [0.4, 0.5) is 18.9 Å². The van der Waals surface area contributed by atoms with E-state index in [4.69, 9.17) is 0 Å². The van der Waals surface area contributed by atoms with Crippen LogP contribution in [0.25, 0.3) is 11.0 Å². The van der Waals surface area contributed by atoms with Crippen LogP contribution in [0.5, 0.6) is 0 Å². The Hall–Kier alpha value is -3.11. The van der Waals surface area contributed by atoms with Gasteiger partial charge >= 0.3 is 6.08 Å². The van der Waals surface area contributed by atoms with E-state index in [9.17, 15) is 23.1 Å². The Bertz CT molecular complexity index is 1190. The second-order valence-corrected chi connectivity index (χ2v) is 8.99. The largest absolute Gasteiger partial charge is 0.390 e. The molecule has 0 bridgehead atoms. The number of carbonyl (C=O) groups is 1. The molecule has 1 aromatic heterocycles. The normalized spacial score (nSPS) is 15.2. The summed E-state index contributed by atoms with van der Waals surface area (Å²) in [5.74, 6) is -1.67.